The van der Waals surface area contributed by atoms with Gasteiger partial charge in [0.25, 0.3) is 5.91 Å². The number of rotatable bonds is 2. The van der Waals surface area contributed by atoms with E-state index in [4.69, 9.17) is 4.74 Å². The largest absolute Gasteiger partial charge is 0.497 e. The third kappa shape index (κ3) is 2.54. The van der Waals surface area contributed by atoms with E-state index < -0.39 is 0 Å². The molecule has 0 aromatic heterocycles. The first-order valence-corrected chi connectivity index (χ1v) is 7.41. The van der Waals surface area contributed by atoms with Gasteiger partial charge in [-0.05, 0) is 36.6 Å². The highest BCUT2D eigenvalue weighted by Crippen LogP contribution is 2.31. The lowest BCUT2D eigenvalue weighted by atomic mass is 9.97. The number of methoxy groups -OCH3 is 1. The van der Waals surface area contributed by atoms with Crippen LogP contribution in [-0.4, -0.2) is 36.3 Å². The van der Waals surface area contributed by atoms with E-state index in [0.29, 0.717) is 0 Å². The Morgan fingerprint density at radius 3 is 2.84 bits per heavy atom. The number of halogens is 1. The molecule has 2 rings (SSSR count). The number of amides is 1. The first-order chi connectivity index (χ1) is 9.12. The van der Waals surface area contributed by atoms with E-state index in [0.717, 1.165) is 28.6 Å². The van der Waals surface area contributed by atoms with Gasteiger partial charge in [0.2, 0.25) is 0 Å². The maximum absolute atomic E-state index is 12.5. The molecule has 3 nitrogen and oxygen atoms in total. The molecular weight excluding hydrogens is 306 g/mol. The van der Waals surface area contributed by atoms with Crippen LogP contribution in [0.15, 0.2) is 24.3 Å². The minimum atomic E-state index is 0.0685. The maximum atomic E-state index is 12.5. The van der Waals surface area contributed by atoms with Crippen molar-refractivity contribution < 1.29 is 9.53 Å². The number of fused-ring (bicyclic) bond motifs is 1. The lowest BCUT2D eigenvalue weighted by Gasteiger charge is -2.24. The molecular formula is C15H18BrNO2. The second kappa shape index (κ2) is 5.78. The van der Waals surface area contributed by atoms with E-state index in [2.05, 4.69) is 22.0 Å². The number of benzene rings is 1. The van der Waals surface area contributed by atoms with Crippen molar-refractivity contribution in [3.63, 3.8) is 0 Å². The Bertz CT molecular complexity index is 525. The smallest absolute Gasteiger partial charge is 0.254 e. The average Bonchev–Trinajstić information content (AvgIpc) is 2.54. The monoisotopic (exact) mass is 323 g/mol. The van der Waals surface area contributed by atoms with Gasteiger partial charge < -0.3 is 9.64 Å². The Balaban J connectivity index is 2.58. The summed E-state index contributed by atoms with van der Waals surface area (Å²) in [4.78, 5) is 14.3. The molecule has 1 aromatic carbocycles. The molecule has 0 N–H and O–H groups in total. The summed E-state index contributed by atoms with van der Waals surface area (Å²) < 4.78 is 5.27. The van der Waals surface area contributed by atoms with Crippen molar-refractivity contribution in [3.8, 4) is 5.75 Å². The predicted molar refractivity (Wildman–Crippen MR) is 80.7 cm³/mol. The molecule has 102 valence electrons. The standard InChI is InChI=1S/C15H18BrNO2/c1-4-13-14-8-12(19-3)6-5-10(14)7-11(9-16)17(2)15(13)18/h4-6,8,11H,7,9H2,1-3H3/b13-4-/t11-/m1/s1. The lowest BCUT2D eigenvalue weighted by Crippen LogP contribution is -2.38. The van der Waals surface area contributed by atoms with Crippen molar-refractivity contribution in [1.29, 1.82) is 0 Å². The zero-order valence-electron chi connectivity index (χ0n) is 11.4. The fraction of sp³-hybridized carbons (Fsp3) is 0.400. The van der Waals surface area contributed by atoms with Crippen LogP contribution in [0.2, 0.25) is 0 Å². The second-order valence-electron chi connectivity index (χ2n) is 4.65. The van der Waals surface area contributed by atoms with Gasteiger partial charge in [0.1, 0.15) is 5.75 Å². The Hall–Kier alpha value is -1.29. The van der Waals surface area contributed by atoms with Crippen molar-refractivity contribution in [2.75, 3.05) is 19.5 Å². The summed E-state index contributed by atoms with van der Waals surface area (Å²) in [7, 11) is 3.50. The minimum absolute atomic E-state index is 0.0685. The van der Waals surface area contributed by atoms with Gasteiger partial charge in [-0.2, -0.15) is 0 Å². The summed E-state index contributed by atoms with van der Waals surface area (Å²) in [6.07, 6.45) is 2.73. The van der Waals surface area contributed by atoms with Crippen LogP contribution in [0.25, 0.3) is 5.57 Å². The number of ether oxygens (including phenoxy) is 1. The van der Waals surface area contributed by atoms with Gasteiger partial charge in [0.15, 0.2) is 0 Å². The summed E-state index contributed by atoms with van der Waals surface area (Å²) in [5.41, 5.74) is 2.93. The molecule has 19 heavy (non-hydrogen) atoms. The Morgan fingerprint density at radius 1 is 1.53 bits per heavy atom. The molecule has 0 saturated heterocycles. The van der Waals surface area contributed by atoms with Crippen LogP contribution in [0.5, 0.6) is 5.75 Å². The van der Waals surface area contributed by atoms with Gasteiger partial charge in [-0.1, -0.05) is 28.1 Å². The number of hydrogen-bond donors (Lipinski definition) is 0. The van der Waals surface area contributed by atoms with Crippen LogP contribution in [0.4, 0.5) is 0 Å². The Morgan fingerprint density at radius 2 is 2.26 bits per heavy atom. The number of carbonyl (C=O) groups is 1. The van der Waals surface area contributed by atoms with Gasteiger partial charge in [-0.3, -0.25) is 4.79 Å². The zero-order chi connectivity index (χ0) is 14.0. The predicted octanol–water partition coefficient (Wildman–Crippen LogP) is 2.88. The first kappa shape index (κ1) is 14.1. The number of carbonyl (C=O) groups excluding carboxylic acids is 1. The van der Waals surface area contributed by atoms with Crippen molar-refractivity contribution in [1.82, 2.24) is 4.90 Å². The molecule has 4 heteroatoms. The summed E-state index contributed by atoms with van der Waals surface area (Å²) in [6.45, 7) is 1.90. The van der Waals surface area contributed by atoms with Crippen LogP contribution in [0.3, 0.4) is 0 Å². The fourth-order valence-corrected chi connectivity index (χ4v) is 3.07. The Kier molecular flexibility index (Phi) is 4.30. The van der Waals surface area contributed by atoms with Crippen molar-refractivity contribution in [3.05, 3.63) is 35.4 Å². The maximum Gasteiger partial charge on any atom is 0.254 e. The Labute approximate surface area is 122 Å². The molecule has 0 fully saturated rings. The van der Waals surface area contributed by atoms with Gasteiger partial charge in [0.05, 0.1) is 7.11 Å². The van der Waals surface area contributed by atoms with Gasteiger partial charge >= 0.3 is 0 Å². The van der Waals surface area contributed by atoms with E-state index >= 15 is 0 Å². The molecule has 1 heterocycles. The minimum Gasteiger partial charge on any atom is -0.497 e. The molecule has 0 spiro atoms. The van der Waals surface area contributed by atoms with E-state index in [1.165, 1.54) is 5.56 Å². The van der Waals surface area contributed by atoms with Crippen LogP contribution >= 0.6 is 15.9 Å². The van der Waals surface area contributed by atoms with Gasteiger partial charge in [-0.25, -0.2) is 0 Å². The molecule has 1 aliphatic heterocycles. The molecule has 0 unspecified atom stereocenters. The number of hydrogen-bond acceptors (Lipinski definition) is 2. The third-order valence-corrected chi connectivity index (χ3v) is 4.38. The summed E-state index contributed by atoms with van der Waals surface area (Å²) >= 11 is 3.50. The summed E-state index contributed by atoms with van der Waals surface area (Å²) in [5.74, 6) is 0.852. The van der Waals surface area contributed by atoms with Crippen LogP contribution in [-0.2, 0) is 11.2 Å². The quantitative estimate of drug-likeness (QED) is 0.618. The van der Waals surface area contributed by atoms with Crippen LogP contribution in [0.1, 0.15) is 18.1 Å². The number of allylic oxidation sites excluding steroid dienone is 1. The number of alkyl halides is 1. The molecule has 0 aliphatic carbocycles. The second-order valence-corrected chi connectivity index (χ2v) is 5.30. The van der Waals surface area contributed by atoms with Crippen molar-refractivity contribution >= 4 is 27.4 Å². The molecule has 1 aliphatic rings. The van der Waals surface area contributed by atoms with Crippen molar-refractivity contribution in [2.24, 2.45) is 0 Å². The molecule has 0 saturated carbocycles. The SMILES string of the molecule is C/C=C1\C(=O)N(C)[C@@H](CBr)Cc2ccc(OC)cc21. The molecule has 1 amide bonds. The van der Waals surface area contributed by atoms with Crippen LogP contribution in [0, 0.1) is 0 Å². The third-order valence-electron chi connectivity index (χ3n) is 3.63. The molecule has 1 aromatic rings. The highest BCUT2D eigenvalue weighted by atomic mass is 79.9. The lowest BCUT2D eigenvalue weighted by molar-refractivity contribution is -0.125. The summed E-state index contributed by atoms with van der Waals surface area (Å²) in [6, 6.07) is 6.14. The molecule has 0 radical (unpaired) electrons. The first-order valence-electron chi connectivity index (χ1n) is 6.29. The van der Waals surface area contributed by atoms with Crippen LogP contribution < -0.4 is 4.74 Å². The van der Waals surface area contributed by atoms with E-state index in [1.807, 2.05) is 37.1 Å². The fourth-order valence-electron chi connectivity index (χ4n) is 2.41. The van der Waals surface area contributed by atoms with E-state index in [1.54, 1.807) is 7.11 Å². The summed E-state index contributed by atoms with van der Waals surface area (Å²) in [5, 5.41) is 0.775. The average molecular weight is 324 g/mol. The van der Waals surface area contributed by atoms with Gasteiger partial charge in [-0.15, -0.1) is 0 Å². The highest BCUT2D eigenvalue weighted by molar-refractivity contribution is 9.09. The zero-order valence-corrected chi connectivity index (χ0v) is 13.0. The van der Waals surface area contributed by atoms with Crippen molar-refractivity contribution in [2.45, 2.75) is 19.4 Å². The van der Waals surface area contributed by atoms with E-state index in [9.17, 15) is 4.79 Å². The molecule has 1 atom stereocenters. The number of likely N-dealkylation sites (N-methyl/N-ethyl adjacent to an activating group) is 1. The van der Waals surface area contributed by atoms with Gasteiger partial charge in [0, 0.05) is 24.0 Å². The topological polar surface area (TPSA) is 29.5 Å². The highest BCUT2D eigenvalue weighted by Gasteiger charge is 2.29. The normalized spacial score (nSPS) is 21.3. The number of nitrogens with zero attached hydrogens (tertiary/aromatic N) is 1. The van der Waals surface area contributed by atoms with E-state index in [-0.39, 0.29) is 11.9 Å². The molecule has 0 bridgehead atoms.